The number of hydrogen-bond acceptors (Lipinski definition) is 4. The maximum absolute atomic E-state index is 5.78. The van der Waals surface area contributed by atoms with Gasteiger partial charge in [-0.15, -0.1) is 23.7 Å². The third-order valence-corrected chi connectivity index (χ3v) is 4.13. The van der Waals surface area contributed by atoms with Gasteiger partial charge in [0.05, 0.1) is 11.2 Å². The Morgan fingerprint density at radius 3 is 2.72 bits per heavy atom. The Morgan fingerprint density at radius 1 is 1.50 bits per heavy atom. The van der Waals surface area contributed by atoms with Crippen molar-refractivity contribution in [2.24, 2.45) is 11.1 Å². The third-order valence-electron chi connectivity index (χ3n) is 3.30. The quantitative estimate of drug-likeness (QED) is 0.876. The lowest BCUT2D eigenvalue weighted by Crippen LogP contribution is -2.36. The van der Waals surface area contributed by atoms with Crippen LogP contribution in [-0.4, -0.2) is 30.0 Å². The molecule has 2 rings (SSSR count). The van der Waals surface area contributed by atoms with Crippen LogP contribution in [-0.2, 0) is 6.54 Å². The van der Waals surface area contributed by atoms with Crippen LogP contribution in [0.5, 0.6) is 0 Å². The number of nitrogens with zero attached hydrogens (tertiary/aromatic N) is 2. The maximum Gasteiger partial charge on any atom is 0.0798 e. The van der Waals surface area contributed by atoms with Crippen LogP contribution in [0, 0.1) is 5.41 Å². The monoisotopic (exact) mass is 289 g/mol. The summed E-state index contributed by atoms with van der Waals surface area (Å²) < 4.78 is 0. The minimum atomic E-state index is 0. The highest BCUT2D eigenvalue weighted by molar-refractivity contribution is 7.09. The zero-order valence-electron chi connectivity index (χ0n) is 11.5. The molecule has 104 valence electrons. The topological polar surface area (TPSA) is 42.2 Å². The van der Waals surface area contributed by atoms with Gasteiger partial charge < -0.3 is 10.6 Å². The highest BCUT2D eigenvalue weighted by atomic mass is 35.5. The average Bonchev–Trinajstić information content (AvgIpc) is 3.00. The molecule has 0 saturated heterocycles. The number of halogens is 1. The second kappa shape index (κ2) is 6.33. The molecule has 0 aromatic carbocycles. The molecule has 1 fully saturated rings. The third kappa shape index (κ3) is 4.19. The van der Waals surface area contributed by atoms with Gasteiger partial charge in [0.25, 0.3) is 0 Å². The van der Waals surface area contributed by atoms with E-state index in [1.54, 1.807) is 11.3 Å². The van der Waals surface area contributed by atoms with Crippen LogP contribution in [0.4, 0.5) is 0 Å². The van der Waals surface area contributed by atoms with Crippen molar-refractivity contribution in [3.05, 3.63) is 16.1 Å². The molecule has 0 bridgehead atoms. The first kappa shape index (κ1) is 15.9. The van der Waals surface area contributed by atoms with Crippen molar-refractivity contribution in [1.82, 2.24) is 9.88 Å². The molecule has 1 aliphatic carbocycles. The Hall–Kier alpha value is -0.160. The van der Waals surface area contributed by atoms with Gasteiger partial charge >= 0.3 is 0 Å². The molecule has 1 heterocycles. The Labute approximate surface area is 120 Å². The Kier molecular flexibility index (Phi) is 5.59. The molecule has 1 aromatic rings. The van der Waals surface area contributed by atoms with E-state index in [4.69, 9.17) is 5.73 Å². The number of aromatic nitrogens is 1. The second-order valence-corrected chi connectivity index (χ2v) is 6.91. The number of thiazole rings is 1. The molecular formula is C13H24ClN3S. The molecule has 5 heteroatoms. The van der Waals surface area contributed by atoms with E-state index in [1.165, 1.54) is 23.4 Å². The number of rotatable bonds is 6. The zero-order valence-corrected chi connectivity index (χ0v) is 13.1. The van der Waals surface area contributed by atoms with Gasteiger partial charge in [-0.05, 0) is 31.8 Å². The summed E-state index contributed by atoms with van der Waals surface area (Å²) in [6.07, 6.45) is 2.66. The number of nitrogens with two attached hydrogens (primary N) is 1. The van der Waals surface area contributed by atoms with Gasteiger partial charge in [0, 0.05) is 23.9 Å². The van der Waals surface area contributed by atoms with Gasteiger partial charge in [-0.3, -0.25) is 0 Å². The summed E-state index contributed by atoms with van der Waals surface area (Å²) in [5, 5.41) is 0. The van der Waals surface area contributed by atoms with Crippen molar-refractivity contribution in [3.8, 4) is 0 Å². The molecule has 0 radical (unpaired) electrons. The van der Waals surface area contributed by atoms with Crippen molar-refractivity contribution >= 4 is 23.7 Å². The molecule has 18 heavy (non-hydrogen) atoms. The highest BCUT2D eigenvalue weighted by Crippen LogP contribution is 2.42. The second-order valence-electron chi connectivity index (χ2n) is 5.98. The van der Waals surface area contributed by atoms with Crippen molar-refractivity contribution in [2.45, 2.75) is 39.2 Å². The minimum Gasteiger partial charge on any atom is -0.330 e. The summed E-state index contributed by atoms with van der Waals surface area (Å²) in [5.74, 6) is 0.757. The fourth-order valence-corrected chi connectivity index (χ4v) is 3.11. The van der Waals surface area contributed by atoms with Crippen LogP contribution in [0.15, 0.2) is 5.51 Å². The minimum absolute atomic E-state index is 0. The molecule has 0 atom stereocenters. The van der Waals surface area contributed by atoms with E-state index in [0.29, 0.717) is 0 Å². The summed E-state index contributed by atoms with van der Waals surface area (Å²) in [4.78, 5) is 8.33. The average molecular weight is 290 g/mol. The van der Waals surface area contributed by atoms with Crippen molar-refractivity contribution in [3.63, 3.8) is 0 Å². The molecule has 1 saturated carbocycles. The van der Waals surface area contributed by atoms with Crippen LogP contribution in [0.3, 0.4) is 0 Å². The predicted octanol–water partition coefficient (Wildman–Crippen LogP) is 2.86. The summed E-state index contributed by atoms with van der Waals surface area (Å²) in [6, 6.07) is 0. The molecule has 0 unspecified atom stereocenters. The van der Waals surface area contributed by atoms with Gasteiger partial charge in [-0.25, -0.2) is 4.98 Å². The van der Waals surface area contributed by atoms with Crippen LogP contribution in [0.2, 0.25) is 0 Å². The van der Waals surface area contributed by atoms with E-state index in [0.717, 1.165) is 25.6 Å². The largest absolute Gasteiger partial charge is 0.330 e. The summed E-state index contributed by atoms with van der Waals surface area (Å²) in [7, 11) is 2.17. The first-order valence-electron chi connectivity index (χ1n) is 6.33. The fourth-order valence-electron chi connectivity index (χ4n) is 2.18. The molecular weight excluding hydrogens is 266 g/mol. The summed E-state index contributed by atoms with van der Waals surface area (Å²) in [5.41, 5.74) is 9.32. The highest BCUT2D eigenvalue weighted by Gasteiger charge is 2.29. The zero-order chi connectivity index (χ0) is 12.5. The van der Waals surface area contributed by atoms with Gasteiger partial charge in [-0.1, -0.05) is 13.8 Å². The first-order valence-corrected chi connectivity index (χ1v) is 7.21. The molecule has 1 aromatic heterocycles. The van der Waals surface area contributed by atoms with E-state index in [-0.39, 0.29) is 17.8 Å². The van der Waals surface area contributed by atoms with Crippen LogP contribution in [0.25, 0.3) is 0 Å². The van der Waals surface area contributed by atoms with E-state index < -0.39 is 0 Å². The van der Waals surface area contributed by atoms with Crippen molar-refractivity contribution in [1.29, 1.82) is 0 Å². The van der Waals surface area contributed by atoms with Gasteiger partial charge in [0.1, 0.15) is 0 Å². The lowest BCUT2D eigenvalue weighted by molar-refractivity contribution is 0.210. The van der Waals surface area contributed by atoms with Gasteiger partial charge in [-0.2, -0.15) is 0 Å². The van der Waals surface area contributed by atoms with Gasteiger partial charge in [0.15, 0.2) is 0 Å². The van der Waals surface area contributed by atoms with Crippen molar-refractivity contribution < 1.29 is 0 Å². The Balaban J connectivity index is 0.00000162. The summed E-state index contributed by atoms with van der Waals surface area (Å²) in [6.45, 7) is 7.22. The molecule has 3 nitrogen and oxygen atoms in total. The molecule has 1 aliphatic rings. The number of hydrogen-bond donors (Lipinski definition) is 1. The smallest absolute Gasteiger partial charge is 0.0798 e. The molecule has 0 spiro atoms. The maximum atomic E-state index is 5.78. The Bertz CT molecular complexity index is 374. The van der Waals surface area contributed by atoms with Crippen LogP contribution >= 0.6 is 23.7 Å². The lowest BCUT2D eigenvalue weighted by Gasteiger charge is -2.28. The van der Waals surface area contributed by atoms with Crippen molar-refractivity contribution in [2.75, 3.05) is 20.1 Å². The van der Waals surface area contributed by atoms with E-state index in [1.807, 2.05) is 5.51 Å². The molecule has 2 N–H and O–H groups in total. The van der Waals surface area contributed by atoms with E-state index >= 15 is 0 Å². The predicted molar refractivity (Wildman–Crippen MR) is 80.5 cm³/mol. The lowest BCUT2D eigenvalue weighted by atomic mass is 9.93. The fraction of sp³-hybridized carbons (Fsp3) is 0.769. The molecule has 0 aliphatic heterocycles. The van der Waals surface area contributed by atoms with E-state index in [9.17, 15) is 0 Å². The van der Waals surface area contributed by atoms with E-state index in [2.05, 4.69) is 30.8 Å². The standard InChI is InChI=1S/C13H23N3S.ClH/c1-13(2,7-14)8-16(3)6-11-12(10-4-5-10)15-9-17-11;/h9-10H,4-8,14H2,1-3H3;1H. The normalized spacial score (nSPS) is 15.8. The Morgan fingerprint density at radius 2 is 2.17 bits per heavy atom. The summed E-state index contributed by atoms with van der Waals surface area (Å²) >= 11 is 1.80. The molecule has 0 amide bonds. The van der Waals surface area contributed by atoms with Crippen LogP contribution < -0.4 is 5.73 Å². The SMILES string of the molecule is CN(Cc1scnc1C1CC1)CC(C)(C)CN.Cl. The van der Waals surface area contributed by atoms with Crippen LogP contribution in [0.1, 0.15) is 43.2 Å². The first-order chi connectivity index (χ1) is 8.02. The van der Waals surface area contributed by atoms with Gasteiger partial charge in [0.2, 0.25) is 0 Å².